The molecule has 0 fully saturated rings. The molecule has 0 aliphatic rings. The predicted octanol–water partition coefficient (Wildman–Crippen LogP) is 8.53. The van der Waals surface area contributed by atoms with Gasteiger partial charge in [0.15, 0.2) is 11.5 Å². The van der Waals surface area contributed by atoms with Gasteiger partial charge in [-0.25, -0.2) is 4.39 Å². The molecule has 0 aliphatic carbocycles. The summed E-state index contributed by atoms with van der Waals surface area (Å²) in [5, 5.41) is 7.01. The molecule has 5 aromatic carbocycles. The van der Waals surface area contributed by atoms with E-state index >= 15 is 0 Å². The van der Waals surface area contributed by atoms with Gasteiger partial charge in [0.05, 0.1) is 11.1 Å². The molecule has 8 heteroatoms. The quantitative estimate of drug-likeness (QED) is 0.137. The van der Waals surface area contributed by atoms with Gasteiger partial charge in [-0.15, -0.1) is 0 Å². The van der Waals surface area contributed by atoms with Crippen molar-refractivity contribution in [1.82, 2.24) is 10.5 Å². The van der Waals surface area contributed by atoms with Crippen molar-refractivity contribution in [2.24, 2.45) is 0 Å². The van der Waals surface area contributed by atoms with Gasteiger partial charge in [-0.3, -0.25) is 9.59 Å². The predicted molar refractivity (Wildman–Crippen MR) is 178 cm³/mol. The zero-order chi connectivity index (χ0) is 32.6. The van der Waals surface area contributed by atoms with Gasteiger partial charge in [0.25, 0.3) is 5.91 Å². The lowest BCUT2D eigenvalue weighted by Gasteiger charge is -2.18. The van der Waals surface area contributed by atoms with Crippen LogP contribution in [-0.4, -0.2) is 23.9 Å². The highest BCUT2D eigenvalue weighted by Gasteiger charge is 2.28. The van der Waals surface area contributed by atoms with Crippen LogP contribution < -0.4 is 14.8 Å². The van der Waals surface area contributed by atoms with Gasteiger partial charge in [-0.2, -0.15) is 0 Å². The first-order valence-electron chi connectivity index (χ1n) is 15.1. The fourth-order valence-electron chi connectivity index (χ4n) is 5.17. The van der Waals surface area contributed by atoms with Gasteiger partial charge < -0.3 is 19.3 Å². The van der Waals surface area contributed by atoms with Crippen LogP contribution in [0, 0.1) is 5.82 Å². The van der Waals surface area contributed by atoms with Gasteiger partial charge in [-0.05, 0) is 47.4 Å². The van der Waals surface area contributed by atoms with E-state index in [0.29, 0.717) is 51.4 Å². The number of hydrogen-bond donors (Lipinski definition) is 1. The fourth-order valence-corrected chi connectivity index (χ4v) is 5.17. The van der Waals surface area contributed by atoms with E-state index in [1.54, 1.807) is 42.5 Å². The maximum Gasteiger partial charge on any atom is 0.274 e. The molecule has 0 bridgehead atoms. The molecule has 6 rings (SSSR count). The Morgan fingerprint density at radius 2 is 1.34 bits per heavy atom. The molecule has 0 saturated carbocycles. The molecule has 0 aliphatic heterocycles. The molecule has 0 saturated heterocycles. The van der Waals surface area contributed by atoms with E-state index in [9.17, 15) is 14.0 Å². The van der Waals surface area contributed by atoms with Crippen LogP contribution in [-0.2, 0) is 13.2 Å². The molecule has 0 unspecified atom stereocenters. The third-order valence-corrected chi connectivity index (χ3v) is 7.54. The summed E-state index contributed by atoms with van der Waals surface area (Å²) in [5.41, 5.74) is 5.39. The number of rotatable bonds is 12. The first kappa shape index (κ1) is 31.0. The van der Waals surface area contributed by atoms with Crippen molar-refractivity contribution in [3.63, 3.8) is 0 Å². The maximum atomic E-state index is 14.0. The molecule has 1 aromatic heterocycles. The van der Waals surface area contributed by atoms with E-state index in [1.165, 1.54) is 12.1 Å². The largest absolute Gasteiger partial charge is 0.488 e. The second-order valence-electron chi connectivity index (χ2n) is 10.7. The first-order chi connectivity index (χ1) is 23.0. The molecule has 234 valence electrons. The van der Waals surface area contributed by atoms with Crippen molar-refractivity contribution in [1.29, 1.82) is 0 Å². The summed E-state index contributed by atoms with van der Waals surface area (Å²) in [7, 11) is 0. The molecule has 1 heterocycles. The van der Waals surface area contributed by atoms with Crippen LogP contribution in [0.3, 0.4) is 0 Å². The van der Waals surface area contributed by atoms with Crippen LogP contribution in [0.25, 0.3) is 33.6 Å². The number of amides is 1. The highest BCUT2D eigenvalue weighted by molar-refractivity contribution is 6.03. The Morgan fingerprint density at radius 1 is 0.766 bits per heavy atom. The Labute approximate surface area is 271 Å². The highest BCUT2D eigenvalue weighted by Crippen LogP contribution is 2.45. The van der Waals surface area contributed by atoms with Gasteiger partial charge in [0.1, 0.15) is 36.8 Å². The van der Waals surface area contributed by atoms with Crippen molar-refractivity contribution in [2.45, 2.75) is 20.1 Å². The molecule has 6 aromatic rings. The Bertz CT molecular complexity index is 1970. The van der Waals surface area contributed by atoms with Crippen LogP contribution in [0.2, 0.25) is 0 Å². The van der Waals surface area contributed by atoms with E-state index in [-0.39, 0.29) is 30.5 Å². The monoisotopic (exact) mass is 626 g/mol. The van der Waals surface area contributed by atoms with Crippen molar-refractivity contribution in [3.05, 3.63) is 150 Å². The standard InChI is InChI=1S/C39H31FN2O5/c1-2-41-39(44)37-36(30-15-13-26(23-43)14-16-30)38(47-42-37)33-21-32(29-17-19-31(40)20-18-29)34(45-24-27-9-5-3-6-10-27)22-35(33)46-25-28-11-7-4-8-12-28/h3-23H,2,24-25H2,1H3,(H,41,44). The highest BCUT2D eigenvalue weighted by atomic mass is 19.1. The van der Waals surface area contributed by atoms with Crippen molar-refractivity contribution < 1.29 is 28.0 Å². The van der Waals surface area contributed by atoms with Crippen molar-refractivity contribution >= 4 is 12.2 Å². The van der Waals surface area contributed by atoms with Gasteiger partial charge >= 0.3 is 0 Å². The lowest BCUT2D eigenvalue weighted by molar-refractivity contribution is 0.0947. The Kier molecular flexibility index (Phi) is 9.48. The molecule has 0 spiro atoms. The summed E-state index contributed by atoms with van der Waals surface area (Å²) in [6, 6.07) is 36.0. The summed E-state index contributed by atoms with van der Waals surface area (Å²) in [4.78, 5) is 24.6. The second-order valence-corrected chi connectivity index (χ2v) is 10.7. The number of hydrogen-bond acceptors (Lipinski definition) is 6. The molecule has 7 nitrogen and oxygen atoms in total. The van der Waals surface area contributed by atoms with Crippen LogP contribution in [0.1, 0.15) is 38.9 Å². The van der Waals surface area contributed by atoms with E-state index in [1.807, 2.05) is 73.7 Å². The van der Waals surface area contributed by atoms with Gasteiger partial charge in [-0.1, -0.05) is 102 Å². The number of ether oxygens (including phenoxy) is 2. The average molecular weight is 627 g/mol. The molecule has 0 atom stereocenters. The normalized spacial score (nSPS) is 10.8. The third-order valence-electron chi connectivity index (χ3n) is 7.54. The molecule has 1 N–H and O–H groups in total. The van der Waals surface area contributed by atoms with E-state index in [4.69, 9.17) is 14.0 Å². The SMILES string of the molecule is CCNC(=O)c1noc(-c2cc(-c3ccc(F)cc3)c(OCc3ccccc3)cc2OCc2ccccc2)c1-c1ccc(C=O)cc1. The fraction of sp³-hybridized carbons (Fsp3) is 0.103. The molecule has 47 heavy (non-hydrogen) atoms. The number of aromatic nitrogens is 1. The summed E-state index contributed by atoms with van der Waals surface area (Å²) in [6.45, 7) is 2.72. The Morgan fingerprint density at radius 3 is 1.91 bits per heavy atom. The maximum absolute atomic E-state index is 14.0. The van der Waals surface area contributed by atoms with Crippen molar-refractivity contribution in [3.8, 4) is 45.1 Å². The minimum absolute atomic E-state index is 0.0856. The Balaban J connectivity index is 1.55. The summed E-state index contributed by atoms with van der Waals surface area (Å²) < 4.78 is 32.9. The van der Waals surface area contributed by atoms with Crippen LogP contribution in [0.4, 0.5) is 4.39 Å². The first-order valence-corrected chi connectivity index (χ1v) is 15.1. The summed E-state index contributed by atoms with van der Waals surface area (Å²) >= 11 is 0. The molecule has 1 amide bonds. The molecule has 0 radical (unpaired) electrons. The average Bonchev–Trinajstić information content (AvgIpc) is 3.56. The number of halogens is 1. The van der Waals surface area contributed by atoms with E-state index < -0.39 is 5.91 Å². The number of carbonyl (C=O) groups excluding carboxylic acids is 2. The summed E-state index contributed by atoms with van der Waals surface area (Å²) in [5.74, 6) is 0.433. The topological polar surface area (TPSA) is 90.7 Å². The van der Waals surface area contributed by atoms with E-state index in [0.717, 1.165) is 17.4 Å². The van der Waals surface area contributed by atoms with Gasteiger partial charge in [0.2, 0.25) is 0 Å². The molecular formula is C39H31FN2O5. The number of nitrogens with zero attached hydrogens (tertiary/aromatic N) is 1. The lowest BCUT2D eigenvalue weighted by atomic mass is 9.94. The zero-order valence-corrected chi connectivity index (χ0v) is 25.6. The van der Waals surface area contributed by atoms with Crippen LogP contribution >= 0.6 is 0 Å². The number of nitrogens with one attached hydrogen (secondary N) is 1. The number of carbonyl (C=O) groups is 2. The number of benzene rings is 5. The van der Waals surface area contributed by atoms with Crippen LogP contribution in [0.15, 0.2) is 126 Å². The molecular weight excluding hydrogens is 595 g/mol. The Hall–Kier alpha value is -6.02. The number of aldehydes is 1. The second kappa shape index (κ2) is 14.4. The third kappa shape index (κ3) is 7.12. The van der Waals surface area contributed by atoms with Crippen molar-refractivity contribution in [2.75, 3.05) is 6.54 Å². The van der Waals surface area contributed by atoms with E-state index in [2.05, 4.69) is 10.5 Å². The van der Waals surface area contributed by atoms with Gasteiger partial charge in [0, 0.05) is 23.7 Å². The lowest BCUT2D eigenvalue weighted by Crippen LogP contribution is -2.23. The van der Waals surface area contributed by atoms with Crippen LogP contribution in [0.5, 0.6) is 11.5 Å². The zero-order valence-electron chi connectivity index (χ0n) is 25.6. The minimum Gasteiger partial charge on any atom is -0.488 e. The summed E-state index contributed by atoms with van der Waals surface area (Å²) in [6.07, 6.45) is 0.752. The smallest absolute Gasteiger partial charge is 0.274 e. The minimum atomic E-state index is -0.412.